The molecule has 0 aliphatic rings. The molecule has 4 N–H and O–H groups in total. The molecule has 0 bridgehead atoms. The first-order valence-corrected chi connectivity index (χ1v) is 3.73. The summed E-state index contributed by atoms with van der Waals surface area (Å²) in [6.45, 7) is 0. The van der Waals surface area contributed by atoms with Crippen molar-refractivity contribution in [1.82, 2.24) is 15.4 Å². The predicted octanol–water partition coefficient (Wildman–Crippen LogP) is 0.921. The molecule has 1 amide bonds. The number of aromatic nitrogens is 2. The predicted molar refractivity (Wildman–Crippen MR) is 46.1 cm³/mol. The van der Waals surface area contributed by atoms with Crippen LogP contribution in [-0.4, -0.2) is 21.1 Å². The van der Waals surface area contributed by atoms with E-state index in [0.29, 0.717) is 4.64 Å². The average Bonchev–Trinajstić information content (AvgIpc) is 2.01. The van der Waals surface area contributed by atoms with Crippen molar-refractivity contribution in [2.45, 2.75) is 0 Å². The molecule has 0 aliphatic heterocycles. The molecule has 0 aliphatic carbocycles. The molecule has 1 rings (SSSR count). The lowest BCUT2D eigenvalue weighted by atomic mass is 10.4. The van der Waals surface area contributed by atoms with Crippen molar-refractivity contribution >= 4 is 30.3 Å². The number of carbonyl (C=O) groups excluding carboxylic acids is 1. The number of amides is 1. The third kappa shape index (κ3) is 1.97. The van der Waals surface area contributed by atoms with Gasteiger partial charge in [0.05, 0.1) is 0 Å². The van der Waals surface area contributed by atoms with Crippen molar-refractivity contribution in [3.63, 3.8) is 0 Å². The van der Waals surface area contributed by atoms with E-state index in [1.807, 2.05) is 0 Å². The minimum Gasteiger partial charge on any atom is -0.328 e. The average molecular weight is 203 g/mol. The van der Waals surface area contributed by atoms with Gasteiger partial charge in [0.15, 0.2) is 4.77 Å². The fraction of sp³-hybridized carbons (Fsp3) is 0. The lowest BCUT2D eigenvalue weighted by Gasteiger charge is -1.97. The van der Waals surface area contributed by atoms with Crippen LogP contribution in [0.2, 0.25) is 0 Å². The number of hydrogen-bond donors (Lipinski definition) is 4. The lowest BCUT2D eigenvalue weighted by molar-refractivity contribution is 0.0700. The Hall–Kier alpha value is -1.05. The van der Waals surface area contributed by atoms with E-state index in [2.05, 4.69) is 9.97 Å². The molecule has 0 unspecified atom stereocenters. The van der Waals surface area contributed by atoms with Crippen LogP contribution < -0.4 is 5.48 Å². The van der Waals surface area contributed by atoms with E-state index in [4.69, 9.17) is 29.6 Å². The number of rotatable bonds is 1. The molecule has 0 radical (unpaired) electrons. The number of nitrogens with one attached hydrogen (secondary N) is 3. The number of hydroxylamine groups is 1. The fourth-order valence-electron chi connectivity index (χ4n) is 0.651. The third-order valence-electron chi connectivity index (χ3n) is 1.11. The van der Waals surface area contributed by atoms with Crippen LogP contribution in [0.4, 0.5) is 0 Å². The summed E-state index contributed by atoms with van der Waals surface area (Å²) >= 11 is 9.47. The van der Waals surface area contributed by atoms with Crippen molar-refractivity contribution in [2.75, 3.05) is 0 Å². The highest BCUT2D eigenvalue weighted by atomic mass is 32.1. The SMILES string of the molecule is O=C(NO)c1cc(=S)[nH]c(=S)[nH]1. The zero-order valence-electron chi connectivity index (χ0n) is 5.75. The van der Waals surface area contributed by atoms with Gasteiger partial charge in [-0.05, 0) is 12.2 Å². The zero-order valence-corrected chi connectivity index (χ0v) is 7.38. The number of hydrogen-bond acceptors (Lipinski definition) is 4. The maximum absolute atomic E-state index is 10.8. The second-order valence-corrected chi connectivity index (χ2v) is 2.79. The second kappa shape index (κ2) is 3.57. The van der Waals surface area contributed by atoms with E-state index in [1.165, 1.54) is 11.5 Å². The van der Waals surface area contributed by atoms with Gasteiger partial charge in [0.25, 0.3) is 5.91 Å². The van der Waals surface area contributed by atoms with Crippen LogP contribution in [0, 0.1) is 9.41 Å². The summed E-state index contributed by atoms with van der Waals surface area (Å²) in [5.41, 5.74) is 1.58. The molecule has 1 aromatic rings. The van der Waals surface area contributed by atoms with E-state index >= 15 is 0 Å². The fourth-order valence-corrected chi connectivity index (χ4v) is 1.16. The molecule has 0 saturated heterocycles. The normalized spacial score (nSPS) is 9.42. The van der Waals surface area contributed by atoms with Gasteiger partial charge in [-0.15, -0.1) is 0 Å². The number of carbonyl (C=O) groups is 1. The lowest BCUT2D eigenvalue weighted by Crippen LogP contribution is -2.20. The summed E-state index contributed by atoms with van der Waals surface area (Å²) in [6.07, 6.45) is 0. The van der Waals surface area contributed by atoms with Crippen LogP contribution in [0.3, 0.4) is 0 Å². The van der Waals surface area contributed by atoms with Crippen molar-refractivity contribution in [2.24, 2.45) is 0 Å². The Morgan fingerprint density at radius 2 is 2.17 bits per heavy atom. The maximum Gasteiger partial charge on any atom is 0.291 e. The van der Waals surface area contributed by atoms with Gasteiger partial charge in [0.2, 0.25) is 0 Å². The monoisotopic (exact) mass is 203 g/mol. The van der Waals surface area contributed by atoms with E-state index in [9.17, 15) is 4.79 Å². The third-order valence-corrected chi connectivity index (χ3v) is 1.53. The second-order valence-electron chi connectivity index (χ2n) is 1.94. The molecule has 64 valence electrons. The highest BCUT2D eigenvalue weighted by Crippen LogP contribution is 1.93. The van der Waals surface area contributed by atoms with Crippen LogP contribution in [0.1, 0.15) is 10.5 Å². The van der Waals surface area contributed by atoms with Gasteiger partial charge in [-0.1, -0.05) is 12.2 Å². The van der Waals surface area contributed by atoms with Crippen LogP contribution in [-0.2, 0) is 0 Å². The summed E-state index contributed by atoms with van der Waals surface area (Å²) in [5, 5.41) is 8.27. The van der Waals surface area contributed by atoms with Gasteiger partial charge in [0.1, 0.15) is 10.3 Å². The smallest absolute Gasteiger partial charge is 0.291 e. The molecule has 1 aromatic heterocycles. The van der Waals surface area contributed by atoms with E-state index in [1.54, 1.807) is 0 Å². The summed E-state index contributed by atoms with van der Waals surface area (Å²) in [5.74, 6) is -0.679. The topological polar surface area (TPSA) is 80.9 Å². The minimum absolute atomic E-state index is 0.117. The molecule has 0 saturated carbocycles. The molecular weight excluding hydrogens is 198 g/mol. The first kappa shape index (κ1) is 9.04. The highest BCUT2D eigenvalue weighted by molar-refractivity contribution is 7.72. The van der Waals surface area contributed by atoms with Gasteiger partial charge in [-0.2, -0.15) is 0 Å². The van der Waals surface area contributed by atoms with Crippen LogP contribution >= 0.6 is 24.4 Å². The molecular formula is C5H5N3O2S2. The Morgan fingerprint density at radius 3 is 2.67 bits per heavy atom. The number of H-pyrrole nitrogens is 2. The van der Waals surface area contributed by atoms with Crippen LogP contribution in [0.5, 0.6) is 0 Å². The summed E-state index contributed by atoms with van der Waals surface area (Å²) < 4.78 is 0.568. The number of aromatic amines is 2. The van der Waals surface area contributed by atoms with Crippen molar-refractivity contribution < 1.29 is 10.0 Å². The maximum atomic E-state index is 10.8. The molecule has 1 heterocycles. The van der Waals surface area contributed by atoms with Gasteiger partial charge < -0.3 is 9.97 Å². The van der Waals surface area contributed by atoms with Crippen molar-refractivity contribution in [1.29, 1.82) is 0 Å². The molecule has 0 spiro atoms. The first-order valence-electron chi connectivity index (χ1n) is 2.91. The molecule has 5 nitrogen and oxygen atoms in total. The summed E-state index contributed by atoms with van der Waals surface area (Å²) in [4.78, 5) is 15.9. The minimum atomic E-state index is -0.679. The van der Waals surface area contributed by atoms with Gasteiger partial charge in [-0.25, -0.2) is 5.48 Å². The van der Waals surface area contributed by atoms with E-state index < -0.39 is 5.91 Å². The summed E-state index contributed by atoms with van der Waals surface area (Å²) in [6, 6.07) is 1.36. The first-order chi connectivity index (χ1) is 5.63. The van der Waals surface area contributed by atoms with Crippen molar-refractivity contribution in [3.8, 4) is 0 Å². The van der Waals surface area contributed by atoms with Gasteiger partial charge >= 0.3 is 0 Å². The van der Waals surface area contributed by atoms with Crippen LogP contribution in [0.15, 0.2) is 6.07 Å². The van der Waals surface area contributed by atoms with Crippen LogP contribution in [0.25, 0.3) is 0 Å². The highest BCUT2D eigenvalue weighted by Gasteiger charge is 2.02. The van der Waals surface area contributed by atoms with E-state index in [-0.39, 0.29) is 10.5 Å². The quantitative estimate of drug-likeness (QED) is 0.311. The molecule has 7 heteroatoms. The van der Waals surface area contributed by atoms with Gasteiger partial charge in [0, 0.05) is 6.07 Å². The zero-order chi connectivity index (χ0) is 9.14. The van der Waals surface area contributed by atoms with E-state index in [0.717, 1.165) is 0 Å². The standard InChI is InChI=1S/C5H5N3O2S2/c9-4(8-10)2-1-3(11)7-5(12)6-2/h1,10H,(H,8,9)(H2,6,7,11,12). The Labute approximate surface area is 77.4 Å². The molecule has 0 aromatic carbocycles. The summed E-state index contributed by atoms with van der Waals surface area (Å²) in [7, 11) is 0. The molecule has 12 heavy (non-hydrogen) atoms. The molecule has 0 atom stereocenters. The molecule has 0 fully saturated rings. The van der Waals surface area contributed by atoms with Crippen molar-refractivity contribution in [3.05, 3.63) is 21.2 Å². The van der Waals surface area contributed by atoms with Gasteiger partial charge in [-0.3, -0.25) is 10.0 Å². The Bertz CT molecular complexity index is 379. The Kier molecular flexibility index (Phi) is 2.69. The largest absolute Gasteiger partial charge is 0.328 e. The Morgan fingerprint density at radius 1 is 1.50 bits per heavy atom. The Balaban J connectivity index is 3.27.